The smallest absolute Gasteiger partial charge is 0.411 e. The Labute approximate surface area is 529 Å². The Morgan fingerprint density at radius 2 is 1.55 bits per heavy atom. The van der Waals surface area contributed by atoms with Crippen LogP contribution in [-0.4, -0.2) is 191 Å². The second kappa shape index (κ2) is 33.9. The van der Waals surface area contributed by atoms with E-state index in [0.29, 0.717) is 81.5 Å². The van der Waals surface area contributed by atoms with E-state index in [1.807, 2.05) is 44.2 Å². The zero-order valence-corrected chi connectivity index (χ0v) is 52.7. The summed E-state index contributed by atoms with van der Waals surface area (Å²) >= 11 is 0. The molecule has 1 aromatic heterocycles. The summed E-state index contributed by atoms with van der Waals surface area (Å²) in [5.41, 5.74) is 6.86. The van der Waals surface area contributed by atoms with Crippen molar-refractivity contribution in [3.05, 3.63) is 78.2 Å². The fraction of sp³-hybridized carbons (Fsp3) is 0.571. The Hall–Kier alpha value is -8.79. The van der Waals surface area contributed by atoms with Crippen LogP contribution >= 0.6 is 0 Å². The number of carbonyl (C=O) groups excluding carboxylic acids is 11. The number of likely N-dealkylation sites (tertiary alicyclic amines) is 2. The first kappa shape index (κ1) is 69.7. The van der Waals surface area contributed by atoms with Crippen molar-refractivity contribution < 1.29 is 71.4 Å². The molecule has 2 saturated heterocycles. The van der Waals surface area contributed by atoms with Crippen LogP contribution < -0.4 is 37.6 Å². The summed E-state index contributed by atoms with van der Waals surface area (Å²) in [4.78, 5) is 149. The molecule has 28 nitrogen and oxygen atoms in total. The molecule has 4 heterocycles. The number of aromatic nitrogens is 2. The highest BCUT2D eigenvalue weighted by Gasteiger charge is 2.52. The molecular formula is C63H87N13O15. The number of fused-ring (bicyclic) bond motifs is 2. The van der Waals surface area contributed by atoms with Gasteiger partial charge in [-0.1, -0.05) is 63.9 Å². The van der Waals surface area contributed by atoms with E-state index in [2.05, 4.69) is 42.1 Å². The quantitative estimate of drug-likeness (QED) is 0.0334. The van der Waals surface area contributed by atoms with E-state index in [0.717, 1.165) is 10.5 Å². The molecule has 3 fully saturated rings. The van der Waals surface area contributed by atoms with Crippen LogP contribution in [0, 0.1) is 17.8 Å². The van der Waals surface area contributed by atoms with Gasteiger partial charge in [0.1, 0.15) is 18.7 Å². The third kappa shape index (κ3) is 19.1. The number of unbranched alkanes of at least 4 members (excludes halogenated alkanes) is 2. The van der Waals surface area contributed by atoms with Gasteiger partial charge in [0.15, 0.2) is 0 Å². The van der Waals surface area contributed by atoms with Gasteiger partial charge < -0.3 is 66.1 Å². The molecule has 3 aliphatic heterocycles. The summed E-state index contributed by atoms with van der Waals surface area (Å²) in [5, 5.41) is 24.2. The van der Waals surface area contributed by atoms with Crippen LogP contribution in [0.2, 0.25) is 0 Å². The maximum absolute atomic E-state index is 14.3. The molecular weight excluding hydrogens is 1180 g/mol. The second-order valence-corrected chi connectivity index (χ2v) is 23.6. The van der Waals surface area contributed by atoms with Crippen molar-refractivity contribution in [2.45, 2.75) is 160 Å². The van der Waals surface area contributed by atoms with Crippen molar-refractivity contribution in [2.24, 2.45) is 23.5 Å². The highest BCUT2D eigenvalue weighted by molar-refractivity contribution is 6.12. The van der Waals surface area contributed by atoms with Gasteiger partial charge in [-0.2, -0.15) is 0 Å². The number of likely N-dealkylation sites (N-methyl/N-ethyl adjacent to an activating group) is 1. The van der Waals surface area contributed by atoms with Crippen LogP contribution in [0.3, 0.4) is 0 Å². The van der Waals surface area contributed by atoms with Gasteiger partial charge in [-0.3, -0.25) is 53.0 Å². The third-order valence-corrected chi connectivity index (χ3v) is 17.5. The van der Waals surface area contributed by atoms with E-state index in [1.165, 1.54) is 36.2 Å². The molecule has 2 aromatic carbocycles. The second-order valence-electron chi connectivity index (χ2n) is 23.6. The van der Waals surface area contributed by atoms with Crippen molar-refractivity contribution in [3.63, 3.8) is 0 Å². The van der Waals surface area contributed by atoms with Crippen LogP contribution in [0.5, 0.6) is 0 Å². The maximum atomic E-state index is 14.3. The fourth-order valence-electron chi connectivity index (χ4n) is 12.5. The number of piperidine rings is 1. The number of rotatable bonds is 34. The van der Waals surface area contributed by atoms with E-state index < -0.39 is 90.5 Å². The molecule has 0 radical (unpaired) electrons. The summed E-state index contributed by atoms with van der Waals surface area (Å²) in [6, 6.07) is 11.8. The zero-order chi connectivity index (χ0) is 65.7. The van der Waals surface area contributed by atoms with Crippen LogP contribution in [0.15, 0.2) is 71.2 Å². The Morgan fingerprint density at radius 1 is 0.813 bits per heavy atom. The average Bonchev–Trinajstić information content (AvgIpc) is 1.64. The molecule has 2 bridgehead atoms. The monoisotopic (exact) mass is 1270 g/mol. The number of primary amides is 1. The van der Waals surface area contributed by atoms with E-state index >= 15 is 0 Å². The number of anilines is 1. The van der Waals surface area contributed by atoms with Gasteiger partial charge in [0.2, 0.25) is 53.1 Å². The zero-order valence-electron chi connectivity index (χ0n) is 52.7. The maximum Gasteiger partial charge on any atom is 0.411 e. The first-order valence-electron chi connectivity index (χ1n) is 31.2. The first-order valence-corrected chi connectivity index (χ1v) is 31.2. The third-order valence-electron chi connectivity index (χ3n) is 17.5. The molecule has 10 atom stereocenters. The Kier molecular flexibility index (Phi) is 25.9. The van der Waals surface area contributed by atoms with Crippen LogP contribution in [0.25, 0.3) is 11.5 Å². The Bertz CT molecular complexity index is 3050. The number of carbonyl (C=O) groups is 11. The average molecular weight is 1270 g/mol. The van der Waals surface area contributed by atoms with Gasteiger partial charge in [-0.25, -0.2) is 9.59 Å². The number of hydrogen-bond acceptors (Lipinski definition) is 17. The van der Waals surface area contributed by atoms with E-state index in [-0.39, 0.29) is 106 Å². The lowest BCUT2D eigenvalue weighted by Gasteiger charge is -2.39. The first-order chi connectivity index (χ1) is 43.7. The molecule has 0 unspecified atom stereocenters. The number of amides is 12. The van der Waals surface area contributed by atoms with Crippen LogP contribution in [-0.2, 0) is 70.5 Å². The highest BCUT2D eigenvalue weighted by atomic mass is 16.6. The highest BCUT2D eigenvalue weighted by Crippen LogP contribution is 2.43. The van der Waals surface area contributed by atoms with Gasteiger partial charge in [0.25, 0.3) is 11.8 Å². The summed E-state index contributed by atoms with van der Waals surface area (Å²) < 4.78 is 23.5. The number of nitrogens with two attached hydrogens (primary N) is 1. The van der Waals surface area contributed by atoms with E-state index in [1.54, 1.807) is 43.1 Å². The topological polar surface area (TPSA) is 366 Å². The SMILES string of the molecule is CC[C@H](C)[C@@H]([C@@H](CC(=O)N1CCC[C@H]1[C@H](OC)[C@@H](C)C(=O)NCc1nnc(-c2ccccc2)o1)OC)N(C)C(=O)CNC(=O)[C@@H]1[C@H]2CC[C@H](C2)N1C(=O)OCc1ccc(NC(=O)[C@H](CCCNC(N)=O)NC(=O)CNC(=O)CCCCCN2C(=O)C=CC2=O)cc1. The minimum absolute atomic E-state index is 0.00401. The van der Waals surface area contributed by atoms with Gasteiger partial charge in [0.05, 0.1) is 56.3 Å². The minimum atomic E-state index is -1.07. The van der Waals surface area contributed by atoms with E-state index in [4.69, 9.17) is 24.4 Å². The predicted octanol–water partition coefficient (Wildman–Crippen LogP) is 3.05. The Balaban J connectivity index is 0.868. The molecule has 7 rings (SSSR count). The lowest BCUT2D eigenvalue weighted by molar-refractivity contribution is -0.146. The van der Waals surface area contributed by atoms with E-state index in [9.17, 15) is 52.7 Å². The molecule has 0 spiro atoms. The van der Waals surface area contributed by atoms with Crippen molar-refractivity contribution in [1.82, 2.24) is 56.4 Å². The van der Waals surface area contributed by atoms with Gasteiger partial charge in [-0.05, 0) is 99.5 Å². The van der Waals surface area contributed by atoms with Gasteiger partial charge in [-0.15, -0.1) is 10.2 Å². The van der Waals surface area contributed by atoms with Crippen LogP contribution in [0.1, 0.15) is 116 Å². The molecule has 4 aliphatic rings. The summed E-state index contributed by atoms with van der Waals surface area (Å²) in [7, 11) is 4.64. The van der Waals surface area contributed by atoms with Crippen molar-refractivity contribution in [1.29, 1.82) is 0 Å². The number of ether oxygens (including phenoxy) is 3. The largest absolute Gasteiger partial charge is 0.445 e. The number of imide groups is 1. The van der Waals surface area contributed by atoms with Crippen molar-refractivity contribution >= 4 is 71.0 Å². The lowest BCUT2D eigenvalue weighted by atomic mass is 9.90. The summed E-state index contributed by atoms with van der Waals surface area (Å²) in [5.74, 6) is -4.19. The van der Waals surface area contributed by atoms with Gasteiger partial charge in [0, 0.05) is 76.8 Å². The predicted molar refractivity (Wildman–Crippen MR) is 329 cm³/mol. The summed E-state index contributed by atoms with van der Waals surface area (Å²) in [6.07, 6.45) is 6.20. The number of benzene rings is 2. The van der Waals surface area contributed by atoms with Gasteiger partial charge >= 0.3 is 12.1 Å². The summed E-state index contributed by atoms with van der Waals surface area (Å²) in [6.45, 7) is 5.55. The molecule has 494 valence electrons. The molecule has 28 heteroatoms. The van der Waals surface area contributed by atoms with Crippen LogP contribution in [0.4, 0.5) is 15.3 Å². The fourth-order valence-corrected chi connectivity index (χ4v) is 12.5. The molecule has 3 aromatic rings. The van der Waals surface area contributed by atoms with Crippen molar-refractivity contribution in [3.8, 4) is 11.5 Å². The normalized spacial score (nSPS) is 19.4. The molecule has 12 amide bonds. The van der Waals surface area contributed by atoms with Crippen molar-refractivity contribution in [2.75, 3.05) is 59.3 Å². The molecule has 91 heavy (non-hydrogen) atoms. The number of nitrogens with zero attached hydrogens (tertiary/aromatic N) is 6. The number of hydrogen-bond donors (Lipinski definition) is 7. The number of nitrogens with one attached hydrogen (secondary N) is 6. The lowest BCUT2D eigenvalue weighted by Crippen LogP contribution is -2.56. The minimum Gasteiger partial charge on any atom is -0.445 e. The molecule has 8 N–H and O–H groups in total. The number of methoxy groups -OCH3 is 2. The molecule has 1 aliphatic carbocycles. The standard InChI is InChI=1S/C63H87N13O15/c1-7-38(2)55(47(88-5)33-53(81)74-31-15-19-46(74)57(89-6)39(3)58(83)67-35-50-71-72-61(91-50)41-16-10-8-11-17-41)73(4)54(82)36-68-60(85)56-42-23-26-44(32-42)76(56)63(87)90-37-40-21-24-43(25-22-40)69-59(84)45(18-14-29-65-62(64)86)70-49(78)34-66-48(77)20-12-9-13-30-75-51(79)27-28-52(75)80/h8,10-11,16-17,21-22,24-25,27-28,38-39,42,44-47,55-57H,7,9,12-15,18-20,23,26,29-37H2,1-6H3,(H,66,77)(H,67,83)(H,68,85)(H,69,84)(H,70,78)(H3,64,65,86)/t38-,39+,42-,44+,45-,46-,47+,55-,56-,57+/m0/s1. The molecule has 1 saturated carbocycles. The Morgan fingerprint density at radius 3 is 2.24 bits per heavy atom. The number of urea groups is 1.